The number of hydrogen-bond acceptors (Lipinski definition) is 7. The average molecular weight is 479 g/mol. The molecule has 0 saturated heterocycles. The molecule has 0 spiro atoms. The van der Waals surface area contributed by atoms with Crippen molar-refractivity contribution in [1.29, 1.82) is 0 Å². The van der Waals surface area contributed by atoms with Crippen LogP contribution in [-0.4, -0.2) is 41.1 Å². The number of imidazole rings is 1. The van der Waals surface area contributed by atoms with Gasteiger partial charge in [-0.25, -0.2) is 28.1 Å². The number of aryl methyl sites for hydroxylation is 1. The molecule has 2 heterocycles. The van der Waals surface area contributed by atoms with E-state index >= 15 is 0 Å². The van der Waals surface area contributed by atoms with E-state index in [-0.39, 0.29) is 18.0 Å². The van der Waals surface area contributed by atoms with Gasteiger partial charge in [0.15, 0.2) is 0 Å². The van der Waals surface area contributed by atoms with E-state index in [1.807, 2.05) is 54.9 Å². The Hall–Kier alpha value is -3.60. The zero-order valence-corrected chi connectivity index (χ0v) is 19.8. The molecule has 0 saturated carbocycles. The highest BCUT2D eigenvalue weighted by atomic mass is 32.2. The second-order valence-electron chi connectivity index (χ2n) is 7.60. The van der Waals surface area contributed by atoms with Crippen LogP contribution in [0, 0.1) is 6.92 Å². The summed E-state index contributed by atoms with van der Waals surface area (Å²) in [5, 5.41) is 3.11. The van der Waals surface area contributed by atoms with E-state index in [4.69, 9.17) is 4.74 Å². The fourth-order valence-electron chi connectivity index (χ4n) is 3.24. The Morgan fingerprint density at radius 1 is 1.00 bits per heavy atom. The summed E-state index contributed by atoms with van der Waals surface area (Å²) < 4.78 is 35.1. The minimum atomic E-state index is -3.64. The summed E-state index contributed by atoms with van der Waals surface area (Å²) in [6.45, 7) is 2.82. The van der Waals surface area contributed by atoms with E-state index in [1.165, 1.54) is 12.1 Å². The Labute approximate surface area is 198 Å². The quantitative estimate of drug-likeness (QED) is 0.336. The lowest BCUT2D eigenvalue weighted by atomic mass is 10.2. The predicted molar refractivity (Wildman–Crippen MR) is 130 cm³/mol. The molecule has 2 N–H and O–H groups in total. The Morgan fingerprint density at radius 2 is 1.76 bits per heavy atom. The van der Waals surface area contributed by atoms with Crippen LogP contribution in [0.1, 0.15) is 11.4 Å². The van der Waals surface area contributed by atoms with Crippen molar-refractivity contribution in [2.75, 3.05) is 18.5 Å². The second-order valence-corrected chi connectivity index (χ2v) is 9.37. The van der Waals surface area contributed by atoms with Gasteiger partial charge in [0.1, 0.15) is 5.82 Å². The minimum Gasteiger partial charge on any atom is -0.375 e. The van der Waals surface area contributed by atoms with Gasteiger partial charge in [0.05, 0.1) is 35.7 Å². The zero-order valence-electron chi connectivity index (χ0n) is 19.0. The highest BCUT2D eigenvalue weighted by Crippen LogP contribution is 2.21. The highest BCUT2D eigenvalue weighted by Gasteiger charge is 2.14. The van der Waals surface area contributed by atoms with Crippen molar-refractivity contribution in [1.82, 2.24) is 24.2 Å². The molecule has 2 aromatic heterocycles. The number of aromatic nitrogens is 4. The van der Waals surface area contributed by atoms with E-state index in [0.717, 1.165) is 22.8 Å². The molecular formula is C24H26N6O3S. The number of anilines is 2. The van der Waals surface area contributed by atoms with Gasteiger partial charge in [0, 0.05) is 25.5 Å². The maximum atomic E-state index is 12.6. The third kappa shape index (κ3) is 5.84. The van der Waals surface area contributed by atoms with Gasteiger partial charge in [0.2, 0.25) is 16.0 Å². The van der Waals surface area contributed by atoms with Crippen LogP contribution in [0.2, 0.25) is 0 Å². The molecule has 0 aliphatic heterocycles. The van der Waals surface area contributed by atoms with Crippen LogP contribution in [0.5, 0.6) is 0 Å². The van der Waals surface area contributed by atoms with Crippen molar-refractivity contribution >= 4 is 21.7 Å². The molecule has 0 aliphatic carbocycles. The first kappa shape index (κ1) is 23.6. The number of ether oxygens (including phenoxy) is 1. The van der Waals surface area contributed by atoms with Gasteiger partial charge in [-0.2, -0.15) is 0 Å². The maximum absolute atomic E-state index is 12.6. The molecular weight excluding hydrogens is 452 g/mol. The fourth-order valence-corrected chi connectivity index (χ4v) is 4.26. The van der Waals surface area contributed by atoms with Crippen LogP contribution in [0.3, 0.4) is 0 Å². The Bertz CT molecular complexity index is 1340. The molecule has 0 unspecified atom stereocenters. The van der Waals surface area contributed by atoms with Crippen LogP contribution in [0.4, 0.5) is 11.6 Å². The normalized spacial score (nSPS) is 11.5. The molecule has 9 nitrogen and oxygen atoms in total. The van der Waals surface area contributed by atoms with E-state index in [9.17, 15) is 8.42 Å². The van der Waals surface area contributed by atoms with Gasteiger partial charge in [-0.3, -0.25) is 0 Å². The first-order chi connectivity index (χ1) is 16.4. The number of nitrogens with zero attached hydrogens (tertiary/aromatic N) is 4. The predicted octanol–water partition coefficient (Wildman–Crippen LogP) is 3.42. The molecule has 34 heavy (non-hydrogen) atoms. The van der Waals surface area contributed by atoms with Crippen LogP contribution in [0.25, 0.3) is 11.4 Å². The standard InChI is InChI=1S/C24H26N6O3S/c1-18-26-16-23(30(18)2)22-12-13-25-24(29-22)28-20-8-10-21(11-9-20)34(31,32)27-14-15-33-17-19-6-4-3-5-7-19/h3-13,16,27H,14-15,17H2,1-2H3,(H,25,28,29). The summed E-state index contributed by atoms with van der Waals surface area (Å²) in [5.74, 6) is 1.29. The third-order valence-corrected chi connectivity index (χ3v) is 6.69. The lowest BCUT2D eigenvalue weighted by molar-refractivity contribution is 0.126. The van der Waals surface area contributed by atoms with E-state index in [2.05, 4.69) is 25.0 Å². The smallest absolute Gasteiger partial charge is 0.240 e. The van der Waals surface area contributed by atoms with Crippen LogP contribution >= 0.6 is 0 Å². The number of rotatable bonds is 10. The van der Waals surface area contributed by atoms with Gasteiger partial charge in [-0.1, -0.05) is 30.3 Å². The number of nitrogens with one attached hydrogen (secondary N) is 2. The number of benzene rings is 2. The number of sulfonamides is 1. The van der Waals surface area contributed by atoms with Crippen molar-refractivity contribution in [2.45, 2.75) is 18.4 Å². The maximum Gasteiger partial charge on any atom is 0.240 e. The Morgan fingerprint density at radius 3 is 2.47 bits per heavy atom. The molecule has 4 aromatic rings. The van der Waals surface area contributed by atoms with Crippen molar-refractivity contribution in [3.05, 3.63) is 84.4 Å². The second kappa shape index (κ2) is 10.6. The summed E-state index contributed by atoms with van der Waals surface area (Å²) in [5.41, 5.74) is 3.32. The molecule has 0 atom stereocenters. The molecule has 176 valence electrons. The summed E-state index contributed by atoms with van der Waals surface area (Å²) in [4.78, 5) is 13.3. The zero-order chi connectivity index (χ0) is 24.0. The largest absolute Gasteiger partial charge is 0.375 e. The molecule has 0 amide bonds. The number of hydrogen-bond donors (Lipinski definition) is 2. The first-order valence-electron chi connectivity index (χ1n) is 10.7. The average Bonchev–Trinajstić information content (AvgIpc) is 3.18. The van der Waals surface area contributed by atoms with Crippen molar-refractivity contribution < 1.29 is 13.2 Å². The Balaban J connectivity index is 1.32. The summed E-state index contributed by atoms with van der Waals surface area (Å²) in [6.07, 6.45) is 3.43. The monoisotopic (exact) mass is 478 g/mol. The lowest BCUT2D eigenvalue weighted by Crippen LogP contribution is -2.27. The van der Waals surface area contributed by atoms with Crippen molar-refractivity contribution in [3.8, 4) is 11.4 Å². The Kier molecular flexibility index (Phi) is 7.31. The first-order valence-corrected chi connectivity index (χ1v) is 12.2. The molecule has 2 aromatic carbocycles. The summed E-state index contributed by atoms with van der Waals surface area (Å²) >= 11 is 0. The molecule has 10 heteroatoms. The van der Waals surface area contributed by atoms with Gasteiger partial charge in [-0.05, 0) is 42.8 Å². The summed E-state index contributed by atoms with van der Waals surface area (Å²) in [6, 6.07) is 17.9. The molecule has 0 radical (unpaired) electrons. The topological polar surface area (TPSA) is 111 Å². The molecule has 0 bridgehead atoms. The molecule has 0 fully saturated rings. The molecule has 0 aliphatic rings. The lowest BCUT2D eigenvalue weighted by Gasteiger charge is -2.10. The van der Waals surface area contributed by atoms with E-state index in [1.54, 1.807) is 24.5 Å². The minimum absolute atomic E-state index is 0.168. The third-order valence-electron chi connectivity index (χ3n) is 5.21. The van der Waals surface area contributed by atoms with Gasteiger partial charge in [-0.15, -0.1) is 0 Å². The van der Waals surface area contributed by atoms with Crippen LogP contribution in [-0.2, 0) is 28.4 Å². The SMILES string of the molecule is Cc1ncc(-c2ccnc(Nc3ccc(S(=O)(=O)NCCOCc4ccccc4)cc3)n2)n1C. The summed E-state index contributed by atoms with van der Waals surface area (Å²) in [7, 11) is -1.71. The van der Waals surface area contributed by atoms with Gasteiger partial charge < -0.3 is 14.6 Å². The fraction of sp³-hybridized carbons (Fsp3) is 0.208. The van der Waals surface area contributed by atoms with Gasteiger partial charge in [0.25, 0.3) is 0 Å². The van der Waals surface area contributed by atoms with E-state index in [0.29, 0.717) is 18.2 Å². The van der Waals surface area contributed by atoms with Crippen LogP contribution in [0.15, 0.2) is 78.0 Å². The van der Waals surface area contributed by atoms with E-state index < -0.39 is 10.0 Å². The van der Waals surface area contributed by atoms with Crippen molar-refractivity contribution in [3.63, 3.8) is 0 Å². The van der Waals surface area contributed by atoms with Gasteiger partial charge >= 0.3 is 0 Å². The van der Waals surface area contributed by atoms with Crippen molar-refractivity contribution in [2.24, 2.45) is 7.05 Å². The van der Waals surface area contributed by atoms with Crippen LogP contribution < -0.4 is 10.0 Å². The highest BCUT2D eigenvalue weighted by molar-refractivity contribution is 7.89. The molecule has 4 rings (SSSR count).